The predicted octanol–water partition coefficient (Wildman–Crippen LogP) is 1.79. The molecule has 1 heterocycles. The number of hydrogen-bond acceptors (Lipinski definition) is 3. The molecule has 1 fully saturated rings. The lowest BCUT2D eigenvalue weighted by Crippen LogP contribution is -2.34. The van der Waals surface area contributed by atoms with Gasteiger partial charge < -0.3 is 10.2 Å². The third-order valence-corrected chi connectivity index (χ3v) is 2.48. The molecule has 0 amide bonds. The van der Waals surface area contributed by atoms with Gasteiger partial charge in [0.25, 0.3) is 5.69 Å². The maximum atomic E-state index is 10.8. The van der Waals surface area contributed by atoms with Gasteiger partial charge >= 0.3 is 0 Å². The van der Waals surface area contributed by atoms with E-state index in [2.05, 4.69) is 5.32 Å². The molecule has 1 saturated heterocycles. The third kappa shape index (κ3) is 2.07. The summed E-state index contributed by atoms with van der Waals surface area (Å²) in [5.74, 6) is 0. The van der Waals surface area contributed by atoms with E-state index in [1.807, 2.05) is 11.0 Å². The quantitative estimate of drug-likeness (QED) is 0.547. The molecule has 0 spiro atoms. The molecule has 0 atom stereocenters. The molecular weight excluding hydrogens is 194 g/mol. The summed E-state index contributed by atoms with van der Waals surface area (Å²) in [6.07, 6.45) is 0. The van der Waals surface area contributed by atoms with Crippen molar-refractivity contribution in [1.29, 1.82) is 0 Å². The average Bonchev–Trinajstić information content (AvgIpc) is 2.30. The number of para-hydroxylation sites is 2. The first kappa shape index (κ1) is 9.92. The summed E-state index contributed by atoms with van der Waals surface area (Å²) >= 11 is 0. The maximum Gasteiger partial charge on any atom is 0.292 e. The van der Waals surface area contributed by atoms with E-state index >= 15 is 0 Å². The molecule has 5 nitrogen and oxygen atoms in total. The molecule has 0 aliphatic carbocycles. The highest BCUT2D eigenvalue weighted by Gasteiger charge is 2.17. The highest BCUT2D eigenvalue weighted by Crippen LogP contribution is 2.28. The Kier molecular flexibility index (Phi) is 2.82. The van der Waals surface area contributed by atoms with E-state index in [0.717, 1.165) is 26.2 Å². The first-order chi connectivity index (χ1) is 7.29. The molecule has 0 unspecified atom stereocenters. The monoisotopic (exact) mass is 206 g/mol. The highest BCUT2D eigenvalue weighted by molar-refractivity contribution is 5.63. The first-order valence-electron chi connectivity index (χ1n) is 4.90. The van der Waals surface area contributed by atoms with Crippen LogP contribution in [0.3, 0.4) is 0 Å². The lowest BCUT2D eigenvalue weighted by atomic mass is 10.2. The maximum absolute atomic E-state index is 10.8. The Morgan fingerprint density at radius 2 is 1.93 bits per heavy atom. The van der Waals surface area contributed by atoms with Crippen LogP contribution in [0, 0.1) is 10.1 Å². The number of anilines is 1. The Morgan fingerprint density at radius 1 is 1.27 bits per heavy atom. The third-order valence-electron chi connectivity index (χ3n) is 2.48. The summed E-state index contributed by atoms with van der Waals surface area (Å²) in [5.41, 5.74) is 0.886. The standard InChI is InChI=1S/C10H12N3O2/c14-13(15)10-4-2-1-3-9(10)12-7-5-11-6-8-12/h1-4H,5-8H2/q-1. The summed E-state index contributed by atoms with van der Waals surface area (Å²) in [7, 11) is 0. The van der Waals surface area contributed by atoms with Crippen molar-refractivity contribution in [2.75, 3.05) is 31.1 Å². The summed E-state index contributed by atoms with van der Waals surface area (Å²) in [4.78, 5) is 12.5. The normalized spacial score (nSPS) is 16.4. The summed E-state index contributed by atoms with van der Waals surface area (Å²) in [5, 5.41) is 15.0. The zero-order valence-corrected chi connectivity index (χ0v) is 8.30. The van der Waals surface area contributed by atoms with Gasteiger partial charge in [-0.25, -0.2) is 0 Å². The van der Waals surface area contributed by atoms with Gasteiger partial charge in [0.15, 0.2) is 0 Å². The van der Waals surface area contributed by atoms with Gasteiger partial charge in [-0.15, -0.1) is 13.1 Å². The Balaban J connectivity index is 2.29. The molecule has 80 valence electrons. The van der Waals surface area contributed by atoms with Gasteiger partial charge in [-0.2, -0.15) is 0 Å². The molecular formula is C10H12N3O2-. The first-order valence-corrected chi connectivity index (χ1v) is 4.90. The van der Waals surface area contributed by atoms with Gasteiger partial charge in [0.05, 0.1) is 4.92 Å². The van der Waals surface area contributed by atoms with Crippen LogP contribution in [-0.4, -0.2) is 31.1 Å². The minimum absolute atomic E-state index is 0.180. The lowest BCUT2D eigenvalue weighted by molar-refractivity contribution is -0.384. The van der Waals surface area contributed by atoms with Gasteiger partial charge in [-0.3, -0.25) is 10.1 Å². The van der Waals surface area contributed by atoms with Crippen molar-refractivity contribution in [3.05, 3.63) is 39.7 Å². The van der Waals surface area contributed by atoms with Crippen LogP contribution in [0.1, 0.15) is 0 Å². The van der Waals surface area contributed by atoms with Gasteiger partial charge in [0.2, 0.25) is 0 Å². The molecule has 0 N–H and O–H groups in total. The van der Waals surface area contributed by atoms with Crippen LogP contribution >= 0.6 is 0 Å². The number of nitro groups is 1. The number of benzene rings is 1. The highest BCUT2D eigenvalue weighted by atomic mass is 16.6. The van der Waals surface area contributed by atoms with E-state index in [9.17, 15) is 10.1 Å². The summed E-state index contributed by atoms with van der Waals surface area (Å²) in [6.45, 7) is 3.05. The van der Waals surface area contributed by atoms with Crippen molar-refractivity contribution in [2.24, 2.45) is 0 Å². The zero-order chi connectivity index (χ0) is 10.7. The molecule has 0 bridgehead atoms. The second-order valence-electron chi connectivity index (χ2n) is 3.40. The van der Waals surface area contributed by atoms with Crippen LogP contribution in [0.25, 0.3) is 5.32 Å². The second-order valence-corrected chi connectivity index (χ2v) is 3.40. The molecule has 0 saturated carbocycles. The average molecular weight is 206 g/mol. The number of nitro benzene ring substituents is 1. The number of rotatable bonds is 2. The van der Waals surface area contributed by atoms with E-state index in [0.29, 0.717) is 5.69 Å². The van der Waals surface area contributed by atoms with Crippen molar-refractivity contribution >= 4 is 11.4 Å². The van der Waals surface area contributed by atoms with Crippen molar-refractivity contribution in [2.45, 2.75) is 0 Å². The van der Waals surface area contributed by atoms with E-state index in [1.54, 1.807) is 18.2 Å². The number of hydrogen-bond donors (Lipinski definition) is 0. The second kappa shape index (κ2) is 4.27. The fourth-order valence-electron chi connectivity index (χ4n) is 1.73. The molecule has 1 aliphatic heterocycles. The Bertz CT molecular complexity index is 361. The summed E-state index contributed by atoms with van der Waals surface area (Å²) in [6, 6.07) is 6.86. The van der Waals surface area contributed by atoms with Crippen LogP contribution in [0.5, 0.6) is 0 Å². The van der Waals surface area contributed by atoms with Crippen molar-refractivity contribution in [3.63, 3.8) is 0 Å². The molecule has 5 heteroatoms. The van der Waals surface area contributed by atoms with Crippen LogP contribution in [0.4, 0.5) is 11.4 Å². The minimum Gasteiger partial charge on any atom is -0.659 e. The van der Waals surface area contributed by atoms with E-state index in [-0.39, 0.29) is 10.6 Å². The molecule has 1 aliphatic rings. The van der Waals surface area contributed by atoms with Gasteiger partial charge in [-0.05, 0) is 19.2 Å². The molecule has 15 heavy (non-hydrogen) atoms. The SMILES string of the molecule is O=[N+]([O-])c1ccccc1N1CC[N-]CC1. The topological polar surface area (TPSA) is 60.5 Å². The smallest absolute Gasteiger partial charge is 0.292 e. The molecule has 1 aromatic carbocycles. The van der Waals surface area contributed by atoms with E-state index in [4.69, 9.17) is 0 Å². The van der Waals surface area contributed by atoms with Crippen molar-refractivity contribution < 1.29 is 4.92 Å². The fourth-order valence-corrected chi connectivity index (χ4v) is 1.73. The summed E-state index contributed by atoms with van der Waals surface area (Å²) < 4.78 is 0. The Labute approximate surface area is 87.8 Å². The van der Waals surface area contributed by atoms with E-state index in [1.165, 1.54) is 0 Å². The fraction of sp³-hybridized carbons (Fsp3) is 0.400. The molecule has 0 radical (unpaired) electrons. The molecule has 2 rings (SSSR count). The zero-order valence-electron chi connectivity index (χ0n) is 8.30. The Morgan fingerprint density at radius 3 is 2.60 bits per heavy atom. The van der Waals surface area contributed by atoms with Crippen molar-refractivity contribution in [3.8, 4) is 0 Å². The van der Waals surface area contributed by atoms with Gasteiger partial charge in [0, 0.05) is 6.07 Å². The lowest BCUT2D eigenvalue weighted by Gasteiger charge is -2.36. The minimum atomic E-state index is -0.332. The van der Waals surface area contributed by atoms with Crippen LogP contribution in [0.2, 0.25) is 0 Å². The Hall–Kier alpha value is -1.62. The predicted molar refractivity (Wildman–Crippen MR) is 58.4 cm³/mol. The van der Waals surface area contributed by atoms with Gasteiger partial charge in [-0.1, -0.05) is 12.1 Å². The largest absolute Gasteiger partial charge is 0.659 e. The van der Waals surface area contributed by atoms with Crippen LogP contribution < -0.4 is 4.90 Å². The molecule has 1 aromatic rings. The van der Waals surface area contributed by atoms with Gasteiger partial charge in [0.1, 0.15) is 5.69 Å². The number of piperazine rings is 1. The van der Waals surface area contributed by atoms with Crippen molar-refractivity contribution in [1.82, 2.24) is 0 Å². The number of nitrogens with zero attached hydrogens (tertiary/aromatic N) is 3. The van der Waals surface area contributed by atoms with Crippen LogP contribution in [-0.2, 0) is 0 Å². The van der Waals surface area contributed by atoms with Crippen LogP contribution in [0.15, 0.2) is 24.3 Å². The van der Waals surface area contributed by atoms with E-state index < -0.39 is 0 Å². The molecule has 0 aromatic heterocycles.